The number of rotatable bonds is 3. The lowest BCUT2D eigenvalue weighted by molar-refractivity contribution is 0.498. The van der Waals surface area contributed by atoms with E-state index in [1.165, 1.54) is 41.7 Å². The van der Waals surface area contributed by atoms with Crippen LogP contribution in [0.25, 0.3) is 0 Å². The topological polar surface area (TPSA) is 17.0 Å². The highest BCUT2D eigenvalue weighted by Gasteiger charge is 2.24. The molecule has 4 rings (SSSR count). The van der Waals surface area contributed by atoms with Gasteiger partial charge in [0, 0.05) is 35.1 Å². The predicted octanol–water partition coefficient (Wildman–Crippen LogP) is 3.80. The molecule has 2 heterocycles. The van der Waals surface area contributed by atoms with Gasteiger partial charge in [-0.1, -0.05) is 18.2 Å². The Morgan fingerprint density at radius 3 is 3.00 bits per heavy atom. The summed E-state index contributed by atoms with van der Waals surface area (Å²) in [7, 11) is 2.08. The summed E-state index contributed by atoms with van der Waals surface area (Å²) in [5.74, 6) is 0. The fraction of sp³-hybridized carbons (Fsp3) is 0.444. The highest BCUT2D eigenvalue weighted by molar-refractivity contribution is 8.00. The zero-order valence-electron chi connectivity index (χ0n) is 12.5. The van der Waals surface area contributed by atoms with Crippen molar-refractivity contribution in [2.75, 3.05) is 7.05 Å². The fourth-order valence-electron chi connectivity index (χ4n) is 3.74. The third-order valence-electron chi connectivity index (χ3n) is 4.79. The van der Waals surface area contributed by atoms with E-state index < -0.39 is 0 Å². The molecule has 110 valence electrons. The lowest BCUT2D eigenvalue weighted by Gasteiger charge is -2.21. The highest BCUT2D eigenvalue weighted by atomic mass is 32.2. The SMILES string of the molecule is CNC1CCCc2cn(CC3Cc4ccccc4S3)cc21. The third kappa shape index (κ3) is 2.53. The van der Waals surface area contributed by atoms with Crippen LogP contribution in [-0.4, -0.2) is 16.9 Å². The summed E-state index contributed by atoms with van der Waals surface area (Å²) in [6.07, 6.45) is 9.82. The molecule has 2 unspecified atom stereocenters. The lowest BCUT2D eigenvalue weighted by Crippen LogP contribution is -2.20. The molecule has 0 saturated carbocycles. The van der Waals surface area contributed by atoms with Crippen LogP contribution in [0.4, 0.5) is 0 Å². The van der Waals surface area contributed by atoms with Crippen molar-refractivity contribution < 1.29 is 0 Å². The van der Waals surface area contributed by atoms with Gasteiger partial charge in [0.1, 0.15) is 0 Å². The summed E-state index contributed by atoms with van der Waals surface area (Å²) < 4.78 is 2.43. The summed E-state index contributed by atoms with van der Waals surface area (Å²) >= 11 is 2.05. The minimum Gasteiger partial charge on any atom is -0.352 e. The highest BCUT2D eigenvalue weighted by Crippen LogP contribution is 2.38. The average Bonchev–Trinajstić information content (AvgIpc) is 3.09. The second kappa shape index (κ2) is 5.54. The molecule has 1 N–H and O–H groups in total. The zero-order valence-corrected chi connectivity index (χ0v) is 13.3. The van der Waals surface area contributed by atoms with Crippen LogP contribution in [-0.2, 0) is 19.4 Å². The number of benzene rings is 1. The molecule has 21 heavy (non-hydrogen) atoms. The molecule has 2 aromatic rings. The summed E-state index contributed by atoms with van der Waals surface area (Å²) in [5.41, 5.74) is 4.61. The Balaban J connectivity index is 1.51. The van der Waals surface area contributed by atoms with Crippen LogP contribution in [0, 0.1) is 0 Å². The van der Waals surface area contributed by atoms with Gasteiger partial charge in [0.25, 0.3) is 0 Å². The number of fused-ring (bicyclic) bond motifs is 2. The maximum Gasteiger partial charge on any atom is 0.0345 e. The molecule has 1 aliphatic heterocycles. The minimum absolute atomic E-state index is 0.559. The molecule has 0 spiro atoms. The van der Waals surface area contributed by atoms with Crippen molar-refractivity contribution in [1.82, 2.24) is 9.88 Å². The maximum absolute atomic E-state index is 3.46. The normalized spacial score (nSPS) is 23.9. The maximum atomic E-state index is 3.46. The number of hydrogen-bond acceptors (Lipinski definition) is 2. The van der Waals surface area contributed by atoms with E-state index in [-0.39, 0.29) is 0 Å². The van der Waals surface area contributed by atoms with Gasteiger partial charge in [0.15, 0.2) is 0 Å². The van der Waals surface area contributed by atoms with E-state index >= 15 is 0 Å². The Morgan fingerprint density at radius 1 is 1.24 bits per heavy atom. The van der Waals surface area contributed by atoms with Crippen molar-refractivity contribution >= 4 is 11.8 Å². The molecule has 1 aliphatic carbocycles. The van der Waals surface area contributed by atoms with E-state index in [4.69, 9.17) is 0 Å². The number of aromatic nitrogens is 1. The first-order valence-corrected chi connectivity index (χ1v) is 8.82. The van der Waals surface area contributed by atoms with Crippen LogP contribution >= 0.6 is 11.8 Å². The fourth-order valence-corrected chi connectivity index (χ4v) is 5.07. The van der Waals surface area contributed by atoms with Gasteiger partial charge >= 0.3 is 0 Å². The van der Waals surface area contributed by atoms with Crippen LogP contribution in [0.5, 0.6) is 0 Å². The third-order valence-corrected chi connectivity index (χ3v) is 6.09. The summed E-state index contributed by atoms with van der Waals surface area (Å²) in [6.45, 7) is 1.13. The molecule has 0 radical (unpaired) electrons. The van der Waals surface area contributed by atoms with Crippen molar-refractivity contribution in [1.29, 1.82) is 0 Å². The van der Waals surface area contributed by atoms with Crippen LogP contribution in [0.15, 0.2) is 41.6 Å². The van der Waals surface area contributed by atoms with E-state index in [9.17, 15) is 0 Å². The molecule has 2 aliphatic rings. The van der Waals surface area contributed by atoms with E-state index in [0.717, 1.165) is 6.54 Å². The molecule has 1 aromatic carbocycles. The lowest BCUT2D eigenvalue weighted by atomic mass is 9.91. The van der Waals surface area contributed by atoms with Gasteiger partial charge < -0.3 is 9.88 Å². The van der Waals surface area contributed by atoms with Gasteiger partial charge in [-0.2, -0.15) is 0 Å². The molecular weight excluding hydrogens is 276 g/mol. The summed E-state index contributed by atoms with van der Waals surface area (Å²) in [5, 5.41) is 4.15. The Morgan fingerprint density at radius 2 is 2.14 bits per heavy atom. The Bertz CT molecular complexity index is 621. The number of thioether (sulfide) groups is 1. The van der Waals surface area contributed by atoms with Crippen molar-refractivity contribution in [3.05, 3.63) is 53.3 Å². The number of aryl methyl sites for hydroxylation is 1. The molecular formula is C18H22N2S. The van der Waals surface area contributed by atoms with Gasteiger partial charge in [-0.25, -0.2) is 0 Å². The molecule has 2 atom stereocenters. The Hall–Kier alpha value is -1.19. The largest absolute Gasteiger partial charge is 0.352 e. The van der Waals surface area contributed by atoms with Crippen molar-refractivity contribution in [3.8, 4) is 0 Å². The van der Waals surface area contributed by atoms with E-state index in [1.807, 2.05) is 11.8 Å². The van der Waals surface area contributed by atoms with E-state index in [0.29, 0.717) is 11.3 Å². The smallest absolute Gasteiger partial charge is 0.0345 e. The predicted molar refractivity (Wildman–Crippen MR) is 89.0 cm³/mol. The van der Waals surface area contributed by atoms with Crippen LogP contribution in [0.1, 0.15) is 35.6 Å². The number of hydrogen-bond donors (Lipinski definition) is 1. The molecule has 0 amide bonds. The molecule has 0 bridgehead atoms. The Kier molecular flexibility index (Phi) is 3.56. The second-order valence-electron chi connectivity index (χ2n) is 6.22. The molecule has 0 fully saturated rings. The van der Waals surface area contributed by atoms with E-state index in [1.54, 1.807) is 5.56 Å². The first-order chi connectivity index (χ1) is 10.3. The van der Waals surface area contributed by atoms with E-state index in [2.05, 4.69) is 53.6 Å². The van der Waals surface area contributed by atoms with Crippen molar-refractivity contribution in [3.63, 3.8) is 0 Å². The number of nitrogens with zero attached hydrogens (tertiary/aromatic N) is 1. The number of nitrogens with one attached hydrogen (secondary N) is 1. The van der Waals surface area contributed by atoms with Gasteiger partial charge in [-0.3, -0.25) is 0 Å². The van der Waals surface area contributed by atoms with Gasteiger partial charge in [-0.15, -0.1) is 11.8 Å². The average molecular weight is 298 g/mol. The van der Waals surface area contributed by atoms with Gasteiger partial charge in [0.2, 0.25) is 0 Å². The molecule has 1 aromatic heterocycles. The van der Waals surface area contributed by atoms with Gasteiger partial charge in [-0.05, 0) is 55.5 Å². The van der Waals surface area contributed by atoms with Crippen LogP contribution in [0.2, 0.25) is 0 Å². The molecule has 3 heteroatoms. The monoisotopic (exact) mass is 298 g/mol. The van der Waals surface area contributed by atoms with Crippen molar-refractivity contribution in [2.24, 2.45) is 0 Å². The van der Waals surface area contributed by atoms with Crippen LogP contribution in [0.3, 0.4) is 0 Å². The summed E-state index contributed by atoms with van der Waals surface area (Å²) in [6, 6.07) is 9.41. The molecule has 2 nitrogen and oxygen atoms in total. The van der Waals surface area contributed by atoms with Gasteiger partial charge in [0.05, 0.1) is 0 Å². The zero-order chi connectivity index (χ0) is 14.2. The van der Waals surface area contributed by atoms with Crippen LogP contribution < -0.4 is 5.32 Å². The quantitative estimate of drug-likeness (QED) is 0.928. The Labute approximate surface area is 130 Å². The standard InChI is InChI=1S/C18H22N2S/c1-19-17-7-4-6-14-10-20(12-16(14)17)11-15-9-13-5-2-3-8-18(13)21-15/h2-3,5,8,10,12,15,17,19H,4,6-7,9,11H2,1H3. The minimum atomic E-state index is 0.559. The second-order valence-corrected chi connectivity index (χ2v) is 7.56. The van der Waals surface area contributed by atoms with Crippen molar-refractivity contribution in [2.45, 2.75) is 48.4 Å². The molecule has 0 saturated heterocycles. The first-order valence-electron chi connectivity index (χ1n) is 7.94. The summed E-state index contributed by atoms with van der Waals surface area (Å²) in [4.78, 5) is 1.48. The first kappa shape index (κ1) is 13.5.